The van der Waals surface area contributed by atoms with Crippen LogP contribution in [0.4, 0.5) is 5.69 Å². The number of carboxylic acids is 1. The van der Waals surface area contributed by atoms with Crippen molar-refractivity contribution in [2.24, 2.45) is 0 Å². The molecule has 1 aliphatic heterocycles. The van der Waals surface area contributed by atoms with Crippen molar-refractivity contribution in [3.8, 4) is 5.75 Å². The molecule has 1 aromatic heterocycles. The van der Waals surface area contributed by atoms with Crippen molar-refractivity contribution in [1.82, 2.24) is 0 Å². The number of anilines is 1. The Labute approximate surface area is 141 Å². The Morgan fingerprint density at radius 2 is 2.04 bits per heavy atom. The maximum Gasteiger partial charge on any atom is 0.371 e. The minimum absolute atomic E-state index is 0.0336. The monoisotopic (exact) mass is 329 g/mol. The first-order chi connectivity index (χ1) is 11.2. The number of aromatic carboxylic acids is 1. The van der Waals surface area contributed by atoms with Gasteiger partial charge in [-0.25, -0.2) is 4.79 Å². The summed E-state index contributed by atoms with van der Waals surface area (Å²) in [7, 11) is 0. The van der Waals surface area contributed by atoms with Gasteiger partial charge in [0, 0.05) is 0 Å². The number of fused-ring (bicyclic) bond motifs is 1. The fourth-order valence-corrected chi connectivity index (χ4v) is 3.01. The zero-order valence-corrected chi connectivity index (χ0v) is 14.5. The Hall–Kier alpha value is -2.43. The molecule has 5 heteroatoms. The van der Waals surface area contributed by atoms with Crippen molar-refractivity contribution in [1.29, 1.82) is 0 Å². The number of nitrogens with zero attached hydrogens (tertiary/aromatic N) is 1. The number of rotatable bonds is 4. The molecule has 0 saturated heterocycles. The van der Waals surface area contributed by atoms with E-state index in [4.69, 9.17) is 14.3 Å². The zero-order valence-electron chi connectivity index (χ0n) is 14.5. The molecule has 3 rings (SSSR count). The largest absolute Gasteiger partial charge is 0.484 e. The second kappa shape index (κ2) is 5.89. The van der Waals surface area contributed by atoms with E-state index in [0.717, 1.165) is 11.4 Å². The second-order valence-electron chi connectivity index (χ2n) is 7.17. The summed E-state index contributed by atoms with van der Waals surface area (Å²) >= 11 is 0. The topological polar surface area (TPSA) is 62.9 Å². The summed E-state index contributed by atoms with van der Waals surface area (Å²) in [5.41, 5.74) is 1.94. The maximum absolute atomic E-state index is 11.0. The molecule has 0 bridgehead atoms. The fraction of sp³-hybridized carbons (Fsp3) is 0.421. The van der Waals surface area contributed by atoms with Crippen molar-refractivity contribution >= 4 is 11.7 Å². The highest BCUT2D eigenvalue weighted by Gasteiger charge is 2.32. The number of benzene rings is 1. The van der Waals surface area contributed by atoms with Gasteiger partial charge in [0.15, 0.2) is 0 Å². The highest BCUT2D eigenvalue weighted by atomic mass is 16.5. The average Bonchev–Trinajstić information content (AvgIpc) is 2.94. The third-order valence-electron chi connectivity index (χ3n) is 4.17. The summed E-state index contributed by atoms with van der Waals surface area (Å²) in [5.74, 6) is 0.820. The lowest BCUT2D eigenvalue weighted by Crippen LogP contribution is -2.46. The van der Waals surface area contributed by atoms with E-state index in [2.05, 4.69) is 30.9 Å². The van der Waals surface area contributed by atoms with Gasteiger partial charge in [-0.2, -0.15) is 0 Å². The average molecular weight is 329 g/mol. The van der Waals surface area contributed by atoms with Crippen molar-refractivity contribution in [3.63, 3.8) is 0 Å². The van der Waals surface area contributed by atoms with E-state index in [1.165, 1.54) is 11.6 Å². The molecule has 0 aliphatic carbocycles. The van der Waals surface area contributed by atoms with Gasteiger partial charge in [-0.3, -0.25) is 0 Å². The minimum atomic E-state index is -1.05. The Kier molecular flexibility index (Phi) is 4.03. The lowest BCUT2D eigenvalue weighted by Gasteiger charge is -2.41. The minimum Gasteiger partial charge on any atom is -0.484 e. The van der Waals surface area contributed by atoms with Gasteiger partial charge in [0.05, 0.1) is 18.8 Å². The summed E-state index contributed by atoms with van der Waals surface area (Å²) in [6, 6.07) is 9.48. The van der Waals surface area contributed by atoms with Crippen LogP contribution in [-0.4, -0.2) is 23.2 Å². The van der Waals surface area contributed by atoms with Crippen LogP contribution in [0.15, 0.2) is 34.7 Å². The fourth-order valence-electron chi connectivity index (χ4n) is 3.01. The van der Waals surface area contributed by atoms with E-state index in [1.807, 2.05) is 19.9 Å². The number of ether oxygens (including phenoxy) is 1. The first-order valence-corrected chi connectivity index (χ1v) is 8.15. The van der Waals surface area contributed by atoms with Gasteiger partial charge in [0.2, 0.25) is 5.76 Å². The van der Waals surface area contributed by atoms with E-state index in [9.17, 15) is 4.79 Å². The van der Waals surface area contributed by atoms with Crippen molar-refractivity contribution in [2.75, 3.05) is 11.4 Å². The number of hydrogen-bond acceptors (Lipinski definition) is 4. The van der Waals surface area contributed by atoms with Crippen LogP contribution in [0.3, 0.4) is 0 Å². The second-order valence-corrected chi connectivity index (χ2v) is 7.17. The standard InChI is InChI=1S/C19H23NO4/c1-12(2)13-5-7-16-15(9-13)20(11-19(3,4)24-16)10-14-6-8-17(23-14)18(21)22/h5-9,12H,10-11H2,1-4H3,(H,21,22). The molecule has 0 amide bonds. The van der Waals surface area contributed by atoms with E-state index >= 15 is 0 Å². The van der Waals surface area contributed by atoms with Crippen LogP contribution in [0.1, 0.15) is 55.5 Å². The molecule has 0 saturated carbocycles. The van der Waals surface area contributed by atoms with Crippen molar-refractivity contribution in [3.05, 3.63) is 47.4 Å². The molecule has 0 fully saturated rings. The van der Waals surface area contributed by atoms with Crippen molar-refractivity contribution in [2.45, 2.75) is 45.8 Å². The molecule has 0 radical (unpaired) electrons. The number of furan rings is 1. The summed E-state index contributed by atoms with van der Waals surface area (Å²) in [6.07, 6.45) is 0. The summed E-state index contributed by atoms with van der Waals surface area (Å²) < 4.78 is 11.5. The molecule has 0 unspecified atom stereocenters. The number of carboxylic acid groups (broad SMARTS) is 1. The Bertz CT molecular complexity index is 760. The van der Waals surface area contributed by atoms with Gasteiger partial charge in [0.1, 0.15) is 17.1 Å². The van der Waals surface area contributed by atoms with E-state index in [0.29, 0.717) is 24.8 Å². The highest BCUT2D eigenvalue weighted by molar-refractivity contribution is 5.84. The van der Waals surface area contributed by atoms with Crippen LogP contribution in [0.25, 0.3) is 0 Å². The number of carbonyl (C=O) groups is 1. The predicted molar refractivity (Wildman–Crippen MR) is 92.0 cm³/mol. The maximum atomic E-state index is 11.0. The van der Waals surface area contributed by atoms with Gasteiger partial charge in [-0.1, -0.05) is 19.9 Å². The van der Waals surface area contributed by atoms with Gasteiger partial charge in [-0.05, 0) is 49.6 Å². The van der Waals surface area contributed by atoms with E-state index in [1.54, 1.807) is 6.07 Å². The molecule has 0 atom stereocenters. The molecule has 1 aliphatic rings. The van der Waals surface area contributed by atoms with Crippen LogP contribution in [0.5, 0.6) is 5.75 Å². The van der Waals surface area contributed by atoms with Crippen LogP contribution in [0.2, 0.25) is 0 Å². The zero-order chi connectivity index (χ0) is 17.5. The third-order valence-corrected chi connectivity index (χ3v) is 4.17. The summed E-state index contributed by atoms with van der Waals surface area (Å²) in [6.45, 7) is 9.62. The Balaban J connectivity index is 1.94. The van der Waals surface area contributed by atoms with Crippen LogP contribution in [0, 0.1) is 0 Å². The van der Waals surface area contributed by atoms with Crippen molar-refractivity contribution < 1.29 is 19.1 Å². The van der Waals surface area contributed by atoms with Crippen LogP contribution >= 0.6 is 0 Å². The smallest absolute Gasteiger partial charge is 0.371 e. The highest BCUT2D eigenvalue weighted by Crippen LogP contribution is 2.39. The summed E-state index contributed by atoms with van der Waals surface area (Å²) in [5, 5.41) is 9.01. The Morgan fingerprint density at radius 3 is 2.67 bits per heavy atom. The third kappa shape index (κ3) is 3.25. The molecule has 0 spiro atoms. The number of hydrogen-bond donors (Lipinski definition) is 1. The molecule has 5 nitrogen and oxygen atoms in total. The molecule has 2 aromatic rings. The SMILES string of the molecule is CC(C)c1ccc2c(c1)N(Cc1ccc(C(=O)O)o1)CC(C)(C)O2. The van der Waals surface area contributed by atoms with E-state index < -0.39 is 5.97 Å². The molecule has 2 heterocycles. The van der Waals surface area contributed by atoms with Crippen LogP contribution < -0.4 is 9.64 Å². The first-order valence-electron chi connectivity index (χ1n) is 8.15. The van der Waals surface area contributed by atoms with Gasteiger partial charge < -0.3 is 19.2 Å². The molecule has 1 aromatic carbocycles. The van der Waals surface area contributed by atoms with Gasteiger partial charge >= 0.3 is 5.97 Å². The predicted octanol–water partition coefficient (Wildman–Crippen LogP) is 4.28. The molecular formula is C19H23NO4. The summed E-state index contributed by atoms with van der Waals surface area (Å²) in [4.78, 5) is 13.2. The normalized spacial score (nSPS) is 16.0. The van der Waals surface area contributed by atoms with E-state index in [-0.39, 0.29) is 11.4 Å². The lowest BCUT2D eigenvalue weighted by molar-refractivity contribution is 0.0659. The van der Waals surface area contributed by atoms with Crippen LogP contribution in [-0.2, 0) is 6.54 Å². The molecular weight excluding hydrogens is 306 g/mol. The van der Waals surface area contributed by atoms with Gasteiger partial charge in [-0.15, -0.1) is 0 Å². The quantitative estimate of drug-likeness (QED) is 0.907. The lowest BCUT2D eigenvalue weighted by atomic mass is 9.99. The first kappa shape index (κ1) is 16.4. The molecule has 24 heavy (non-hydrogen) atoms. The molecule has 128 valence electrons. The van der Waals surface area contributed by atoms with Gasteiger partial charge in [0.25, 0.3) is 0 Å². The molecule has 1 N–H and O–H groups in total. The Morgan fingerprint density at radius 1 is 1.29 bits per heavy atom.